The van der Waals surface area contributed by atoms with E-state index in [1.165, 1.54) is 0 Å². The number of carbonyl (C=O) groups is 1. The van der Waals surface area contributed by atoms with Crippen LogP contribution >= 0.6 is 11.6 Å². The van der Waals surface area contributed by atoms with E-state index in [9.17, 15) is 4.79 Å². The molecule has 140 valence electrons. The van der Waals surface area contributed by atoms with E-state index < -0.39 is 5.92 Å². The first-order valence-electron chi connectivity index (χ1n) is 9.32. The number of carbonyl (C=O) groups excluding carboxylic acids is 1. The summed E-state index contributed by atoms with van der Waals surface area (Å²) >= 11 is 6.20. The topological polar surface area (TPSA) is 79.8 Å². The monoisotopic (exact) mass is 391 g/mol. The van der Waals surface area contributed by atoms with Crippen LogP contribution in [0.2, 0.25) is 5.02 Å². The normalized spacial score (nSPS) is 17.2. The lowest BCUT2D eigenvalue weighted by atomic mass is 9.93. The first-order chi connectivity index (χ1) is 13.7. The van der Waals surface area contributed by atoms with Gasteiger partial charge in [-0.1, -0.05) is 17.7 Å². The third-order valence-corrected chi connectivity index (χ3v) is 5.49. The zero-order chi connectivity index (χ0) is 19.1. The Morgan fingerprint density at radius 3 is 3.00 bits per heavy atom. The van der Waals surface area contributed by atoms with Crippen LogP contribution in [0.4, 0.5) is 11.6 Å². The molecule has 1 aromatic carbocycles. The van der Waals surface area contributed by atoms with Gasteiger partial charge in [0.1, 0.15) is 5.92 Å². The van der Waals surface area contributed by atoms with Crippen molar-refractivity contribution in [2.75, 3.05) is 10.6 Å². The molecule has 0 fully saturated rings. The Labute approximate surface area is 167 Å². The molecule has 0 bridgehead atoms. The number of halogens is 1. The quantitative estimate of drug-likeness (QED) is 0.708. The number of hydrogen-bond donors (Lipinski definition) is 2. The number of nitrogens with zero attached hydrogens (tertiary/aromatic N) is 3. The maximum atomic E-state index is 12.8. The molecule has 3 heterocycles. The summed E-state index contributed by atoms with van der Waals surface area (Å²) in [6, 6.07) is 9.38. The Morgan fingerprint density at radius 1 is 1.21 bits per heavy atom. The van der Waals surface area contributed by atoms with Gasteiger partial charge in [-0.25, -0.2) is 9.97 Å². The van der Waals surface area contributed by atoms with E-state index in [2.05, 4.69) is 15.6 Å². The zero-order valence-electron chi connectivity index (χ0n) is 15.1. The molecule has 0 radical (unpaired) electrons. The van der Waals surface area contributed by atoms with Crippen molar-refractivity contribution in [1.29, 1.82) is 0 Å². The van der Waals surface area contributed by atoms with E-state index in [0.717, 1.165) is 53.0 Å². The van der Waals surface area contributed by atoms with Crippen LogP contribution in [0.15, 0.2) is 42.7 Å². The lowest BCUT2D eigenvalue weighted by Gasteiger charge is -2.15. The molecule has 1 unspecified atom stereocenters. The van der Waals surface area contributed by atoms with Crippen LogP contribution in [-0.4, -0.2) is 20.9 Å². The molecule has 2 aromatic heterocycles. The van der Waals surface area contributed by atoms with Gasteiger partial charge in [0.25, 0.3) is 0 Å². The van der Waals surface area contributed by atoms with Crippen LogP contribution in [0.1, 0.15) is 40.4 Å². The second-order valence-corrected chi connectivity index (χ2v) is 7.52. The Bertz CT molecular complexity index is 1070. The maximum Gasteiger partial charge on any atom is 0.238 e. The van der Waals surface area contributed by atoms with Crippen LogP contribution in [-0.2, 0) is 24.2 Å². The van der Waals surface area contributed by atoms with Crippen molar-refractivity contribution in [2.24, 2.45) is 0 Å². The molecule has 3 aromatic rings. The molecule has 0 spiro atoms. The van der Waals surface area contributed by atoms with Crippen molar-refractivity contribution in [1.82, 2.24) is 15.0 Å². The minimum Gasteiger partial charge on any atom is -0.350 e. The fourth-order valence-corrected chi connectivity index (χ4v) is 4.15. The van der Waals surface area contributed by atoms with Gasteiger partial charge in [0, 0.05) is 35.3 Å². The van der Waals surface area contributed by atoms with Crippen molar-refractivity contribution in [2.45, 2.75) is 31.7 Å². The lowest BCUT2D eigenvalue weighted by molar-refractivity contribution is -0.116. The zero-order valence-corrected chi connectivity index (χ0v) is 15.8. The first kappa shape index (κ1) is 17.1. The molecule has 2 N–H and O–H groups in total. The van der Waals surface area contributed by atoms with Crippen LogP contribution in [0.5, 0.6) is 0 Å². The van der Waals surface area contributed by atoms with Gasteiger partial charge in [0.05, 0.1) is 5.69 Å². The second kappa shape index (κ2) is 6.87. The molecule has 1 amide bonds. The minimum atomic E-state index is -0.456. The predicted octanol–water partition coefficient (Wildman–Crippen LogP) is 3.71. The number of amides is 1. The molecule has 7 heteroatoms. The summed E-state index contributed by atoms with van der Waals surface area (Å²) in [5.74, 6) is 0.0218. The number of fused-ring (bicyclic) bond motifs is 2. The third-order valence-electron chi connectivity index (χ3n) is 5.26. The molecular formula is C21H18ClN5O. The fraction of sp³-hybridized carbons (Fsp3) is 0.238. The van der Waals surface area contributed by atoms with E-state index in [-0.39, 0.29) is 5.91 Å². The second-order valence-electron chi connectivity index (χ2n) is 7.08. The molecule has 28 heavy (non-hydrogen) atoms. The number of aromatic nitrogens is 3. The van der Waals surface area contributed by atoms with Gasteiger partial charge < -0.3 is 10.6 Å². The molecule has 0 saturated carbocycles. The standard InChI is InChI=1S/C21H18ClN5O/c22-13-6-7-17-15(9-13)18(20(28)25-17)19-14-4-1-5-16(14)26-21(27-19)24-11-12-3-2-8-23-10-12/h2-3,6-10,18H,1,4-5,11H2,(H,25,28)(H,24,26,27). The van der Waals surface area contributed by atoms with Crippen molar-refractivity contribution in [3.63, 3.8) is 0 Å². The van der Waals surface area contributed by atoms with Crippen molar-refractivity contribution in [3.8, 4) is 0 Å². The molecule has 1 atom stereocenters. The Balaban J connectivity index is 1.54. The van der Waals surface area contributed by atoms with Gasteiger partial charge in [0.15, 0.2) is 0 Å². The van der Waals surface area contributed by atoms with Crippen LogP contribution in [0.3, 0.4) is 0 Å². The molecule has 0 saturated heterocycles. The van der Waals surface area contributed by atoms with Crippen molar-refractivity contribution in [3.05, 3.63) is 75.8 Å². The third kappa shape index (κ3) is 2.99. The number of benzene rings is 1. The van der Waals surface area contributed by atoms with Crippen LogP contribution < -0.4 is 10.6 Å². The van der Waals surface area contributed by atoms with E-state index >= 15 is 0 Å². The van der Waals surface area contributed by atoms with Gasteiger partial charge in [0.2, 0.25) is 11.9 Å². The number of nitrogens with one attached hydrogen (secondary N) is 2. The van der Waals surface area contributed by atoms with E-state index in [0.29, 0.717) is 17.5 Å². The van der Waals surface area contributed by atoms with Gasteiger partial charge in [-0.2, -0.15) is 0 Å². The minimum absolute atomic E-state index is 0.0664. The van der Waals surface area contributed by atoms with Gasteiger partial charge in [-0.15, -0.1) is 0 Å². The smallest absolute Gasteiger partial charge is 0.238 e. The molecule has 2 aliphatic rings. The SMILES string of the molecule is O=C1Nc2ccc(Cl)cc2C1c1nc(NCc2cccnc2)nc2c1CCC2. The average molecular weight is 392 g/mol. The van der Waals surface area contributed by atoms with Gasteiger partial charge in [-0.05, 0) is 60.2 Å². The highest BCUT2D eigenvalue weighted by atomic mass is 35.5. The molecule has 1 aliphatic carbocycles. The van der Waals surface area contributed by atoms with E-state index in [4.69, 9.17) is 21.6 Å². The summed E-state index contributed by atoms with van der Waals surface area (Å²) < 4.78 is 0. The Kier molecular flexibility index (Phi) is 4.20. The highest BCUT2D eigenvalue weighted by Crippen LogP contribution is 2.41. The fourth-order valence-electron chi connectivity index (χ4n) is 3.97. The van der Waals surface area contributed by atoms with Crippen LogP contribution in [0, 0.1) is 0 Å². The molecule has 1 aliphatic heterocycles. The van der Waals surface area contributed by atoms with E-state index in [1.54, 1.807) is 12.3 Å². The number of pyridine rings is 1. The number of aryl methyl sites for hydroxylation is 1. The van der Waals surface area contributed by atoms with E-state index in [1.807, 2.05) is 30.5 Å². The summed E-state index contributed by atoms with van der Waals surface area (Å²) in [5, 5.41) is 6.85. The lowest BCUT2D eigenvalue weighted by Crippen LogP contribution is -2.18. The Morgan fingerprint density at radius 2 is 2.14 bits per heavy atom. The highest BCUT2D eigenvalue weighted by molar-refractivity contribution is 6.31. The summed E-state index contributed by atoms with van der Waals surface area (Å²) in [5.41, 5.74) is 5.64. The van der Waals surface area contributed by atoms with Gasteiger partial charge in [-0.3, -0.25) is 9.78 Å². The van der Waals surface area contributed by atoms with Crippen molar-refractivity contribution >= 4 is 29.1 Å². The largest absolute Gasteiger partial charge is 0.350 e. The number of rotatable bonds is 4. The maximum absolute atomic E-state index is 12.8. The summed E-state index contributed by atoms with van der Waals surface area (Å²) in [6.45, 7) is 0.575. The molecule has 5 rings (SSSR count). The number of anilines is 2. The average Bonchev–Trinajstić information content (AvgIpc) is 3.30. The molecule has 6 nitrogen and oxygen atoms in total. The first-order valence-corrected chi connectivity index (χ1v) is 9.69. The summed E-state index contributed by atoms with van der Waals surface area (Å²) in [7, 11) is 0. The predicted molar refractivity (Wildman–Crippen MR) is 108 cm³/mol. The van der Waals surface area contributed by atoms with Crippen molar-refractivity contribution < 1.29 is 4.79 Å². The summed E-state index contributed by atoms with van der Waals surface area (Å²) in [6.07, 6.45) is 6.38. The molecular weight excluding hydrogens is 374 g/mol. The Hall–Kier alpha value is -2.99. The highest BCUT2D eigenvalue weighted by Gasteiger charge is 2.36. The number of hydrogen-bond acceptors (Lipinski definition) is 5. The van der Waals surface area contributed by atoms with Gasteiger partial charge >= 0.3 is 0 Å². The summed E-state index contributed by atoms with van der Waals surface area (Å²) in [4.78, 5) is 26.4. The van der Waals surface area contributed by atoms with Crippen LogP contribution in [0.25, 0.3) is 0 Å².